The van der Waals surface area contributed by atoms with Crippen LogP contribution in [0.2, 0.25) is 0 Å². The van der Waals surface area contributed by atoms with Crippen LogP contribution in [0.5, 0.6) is 0 Å². The van der Waals surface area contributed by atoms with Crippen molar-refractivity contribution in [2.75, 3.05) is 5.32 Å². The van der Waals surface area contributed by atoms with Crippen molar-refractivity contribution in [2.45, 2.75) is 38.1 Å². The number of hydrogen-bond donors (Lipinski definition) is 2. The first-order valence-corrected chi connectivity index (χ1v) is 7.14. The quantitative estimate of drug-likeness (QED) is 0.899. The highest BCUT2D eigenvalue weighted by Crippen LogP contribution is 2.27. The first kappa shape index (κ1) is 13.5. The van der Waals surface area contributed by atoms with Gasteiger partial charge in [-0.15, -0.1) is 5.10 Å². The van der Waals surface area contributed by atoms with E-state index in [9.17, 15) is 9.59 Å². The van der Waals surface area contributed by atoms with Crippen molar-refractivity contribution in [1.29, 1.82) is 0 Å². The van der Waals surface area contributed by atoms with Crippen molar-refractivity contribution in [3.63, 3.8) is 0 Å². The Morgan fingerprint density at radius 3 is 2.86 bits per heavy atom. The van der Waals surface area contributed by atoms with Gasteiger partial charge < -0.3 is 4.98 Å². The summed E-state index contributed by atoms with van der Waals surface area (Å²) in [5, 5.41) is 6.90. The summed E-state index contributed by atoms with van der Waals surface area (Å²) in [5.41, 5.74) is -0.125. The first-order valence-electron chi connectivity index (χ1n) is 7.14. The number of amides is 1. The molecular weight excluding hydrogens is 270 g/mol. The Balaban J connectivity index is 1.69. The Morgan fingerprint density at radius 1 is 1.29 bits per heavy atom. The third-order valence-corrected chi connectivity index (χ3v) is 3.70. The zero-order chi connectivity index (χ0) is 14.7. The maximum Gasteiger partial charge on any atom is 0.274 e. The summed E-state index contributed by atoms with van der Waals surface area (Å²) in [4.78, 5) is 29.7. The monoisotopic (exact) mass is 287 g/mol. The van der Waals surface area contributed by atoms with E-state index in [1.54, 1.807) is 6.33 Å². The highest BCUT2D eigenvalue weighted by Gasteiger charge is 2.17. The predicted octanol–water partition coefficient (Wildman–Crippen LogP) is 1.72. The number of rotatable bonds is 3. The summed E-state index contributed by atoms with van der Waals surface area (Å²) in [6.45, 7) is 0. The largest absolute Gasteiger partial charge is 0.318 e. The Hall–Kier alpha value is -2.44. The Morgan fingerprint density at radius 2 is 2.10 bits per heavy atom. The molecule has 2 aromatic rings. The van der Waals surface area contributed by atoms with Crippen LogP contribution in [0, 0.1) is 0 Å². The number of anilines is 1. The molecule has 2 N–H and O–H groups in total. The molecule has 3 rings (SSSR count). The van der Waals surface area contributed by atoms with Gasteiger partial charge in [0, 0.05) is 6.07 Å². The predicted molar refractivity (Wildman–Crippen MR) is 77.2 cm³/mol. The molecule has 0 aromatic carbocycles. The number of carbonyl (C=O) groups is 1. The van der Waals surface area contributed by atoms with Crippen molar-refractivity contribution in [3.8, 4) is 0 Å². The molecule has 0 bridgehead atoms. The second kappa shape index (κ2) is 5.90. The standard InChI is InChI=1S/C14H17N5O2/c20-12-8-4-7-11(16-12)13(21)17-14-15-9-19(18-14)10-5-2-1-3-6-10/h4,7-10H,1-3,5-6H2,(H,16,20)(H,17,18,21). The van der Waals surface area contributed by atoms with Crippen molar-refractivity contribution in [3.05, 3.63) is 40.6 Å². The summed E-state index contributed by atoms with van der Waals surface area (Å²) in [7, 11) is 0. The molecule has 0 aliphatic heterocycles. The average molecular weight is 287 g/mol. The normalized spacial score (nSPS) is 15.8. The SMILES string of the molecule is O=C(Nc1ncn(C2CCCCC2)n1)c1cccc(=O)[nH]1. The number of nitrogens with zero attached hydrogens (tertiary/aromatic N) is 3. The zero-order valence-electron chi connectivity index (χ0n) is 11.6. The molecule has 21 heavy (non-hydrogen) atoms. The van der Waals surface area contributed by atoms with E-state index in [0.717, 1.165) is 12.8 Å². The Bertz CT molecular complexity index is 684. The minimum atomic E-state index is -0.422. The molecule has 0 atom stereocenters. The van der Waals surface area contributed by atoms with Gasteiger partial charge in [-0.05, 0) is 18.9 Å². The Labute approximate surface area is 121 Å². The van der Waals surface area contributed by atoms with Gasteiger partial charge in [0.1, 0.15) is 12.0 Å². The molecule has 2 heterocycles. The molecule has 0 saturated heterocycles. The lowest BCUT2D eigenvalue weighted by Crippen LogP contribution is -2.19. The van der Waals surface area contributed by atoms with Gasteiger partial charge in [-0.1, -0.05) is 25.3 Å². The van der Waals surface area contributed by atoms with Crippen LogP contribution in [-0.4, -0.2) is 25.7 Å². The second-order valence-corrected chi connectivity index (χ2v) is 5.22. The van der Waals surface area contributed by atoms with E-state index in [2.05, 4.69) is 20.4 Å². The van der Waals surface area contributed by atoms with Crippen LogP contribution in [0.1, 0.15) is 48.6 Å². The molecule has 1 saturated carbocycles. The molecule has 7 nitrogen and oxygen atoms in total. The number of pyridine rings is 1. The van der Waals surface area contributed by atoms with Crippen LogP contribution < -0.4 is 10.9 Å². The van der Waals surface area contributed by atoms with Gasteiger partial charge in [0.15, 0.2) is 0 Å². The molecule has 1 fully saturated rings. The summed E-state index contributed by atoms with van der Waals surface area (Å²) < 4.78 is 1.82. The lowest BCUT2D eigenvalue weighted by molar-refractivity contribution is 0.102. The Kier molecular flexibility index (Phi) is 3.81. The molecule has 0 unspecified atom stereocenters. The number of carbonyl (C=O) groups excluding carboxylic acids is 1. The average Bonchev–Trinajstić information content (AvgIpc) is 2.97. The summed E-state index contributed by atoms with van der Waals surface area (Å²) in [5.74, 6) is -0.163. The topological polar surface area (TPSA) is 92.7 Å². The number of aromatic nitrogens is 4. The van der Waals surface area contributed by atoms with Crippen LogP contribution in [0.3, 0.4) is 0 Å². The third kappa shape index (κ3) is 3.18. The van der Waals surface area contributed by atoms with Crippen LogP contribution in [-0.2, 0) is 0 Å². The van der Waals surface area contributed by atoms with Crippen LogP contribution in [0.25, 0.3) is 0 Å². The highest BCUT2D eigenvalue weighted by atomic mass is 16.2. The fourth-order valence-corrected chi connectivity index (χ4v) is 2.60. The van der Waals surface area contributed by atoms with E-state index in [0.29, 0.717) is 6.04 Å². The smallest absolute Gasteiger partial charge is 0.274 e. The fraction of sp³-hybridized carbons (Fsp3) is 0.429. The molecule has 0 radical (unpaired) electrons. The molecule has 1 aliphatic rings. The molecule has 0 spiro atoms. The lowest BCUT2D eigenvalue weighted by atomic mass is 9.96. The lowest BCUT2D eigenvalue weighted by Gasteiger charge is -2.21. The fourth-order valence-electron chi connectivity index (χ4n) is 2.60. The molecule has 7 heteroatoms. The maximum atomic E-state index is 12.0. The summed E-state index contributed by atoms with van der Waals surface area (Å²) >= 11 is 0. The van der Waals surface area contributed by atoms with Gasteiger partial charge >= 0.3 is 0 Å². The van der Waals surface area contributed by atoms with Crippen molar-refractivity contribution in [2.24, 2.45) is 0 Å². The van der Waals surface area contributed by atoms with Gasteiger partial charge in [0.25, 0.3) is 5.91 Å². The minimum absolute atomic E-state index is 0.191. The molecule has 1 aliphatic carbocycles. The van der Waals surface area contributed by atoms with E-state index in [4.69, 9.17) is 0 Å². The second-order valence-electron chi connectivity index (χ2n) is 5.22. The van der Waals surface area contributed by atoms with E-state index < -0.39 is 5.91 Å². The summed E-state index contributed by atoms with van der Waals surface area (Å²) in [6.07, 6.45) is 7.54. The van der Waals surface area contributed by atoms with Crippen LogP contribution in [0.15, 0.2) is 29.3 Å². The van der Waals surface area contributed by atoms with Crippen LogP contribution in [0.4, 0.5) is 5.95 Å². The maximum absolute atomic E-state index is 12.0. The van der Waals surface area contributed by atoms with E-state index in [1.165, 1.54) is 37.5 Å². The summed E-state index contributed by atoms with van der Waals surface area (Å²) in [6, 6.07) is 4.79. The highest BCUT2D eigenvalue weighted by molar-refractivity contribution is 6.01. The van der Waals surface area contributed by atoms with Crippen molar-refractivity contribution >= 4 is 11.9 Å². The molecule has 110 valence electrons. The minimum Gasteiger partial charge on any atom is -0.318 e. The number of aromatic amines is 1. The third-order valence-electron chi connectivity index (χ3n) is 3.70. The van der Waals surface area contributed by atoms with Gasteiger partial charge in [-0.2, -0.15) is 0 Å². The van der Waals surface area contributed by atoms with Crippen LogP contribution >= 0.6 is 0 Å². The van der Waals surface area contributed by atoms with Crippen molar-refractivity contribution < 1.29 is 4.79 Å². The zero-order valence-corrected chi connectivity index (χ0v) is 11.6. The van der Waals surface area contributed by atoms with Crippen molar-refractivity contribution in [1.82, 2.24) is 19.7 Å². The first-order chi connectivity index (χ1) is 10.2. The molecule has 2 aromatic heterocycles. The number of nitrogens with one attached hydrogen (secondary N) is 2. The van der Waals surface area contributed by atoms with Gasteiger partial charge in [-0.3, -0.25) is 14.9 Å². The van der Waals surface area contributed by atoms with Gasteiger partial charge in [0.2, 0.25) is 11.5 Å². The number of hydrogen-bond acceptors (Lipinski definition) is 4. The molecular formula is C14H17N5O2. The van der Waals surface area contributed by atoms with E-state index >= 15 is 0 Å². The van der Waals surface area contributed by atoms with Gasteiger partial charge in [-0.25, -0.2) is 9.67 Å². The van der Waals surface area contributed by atoms with Gasteiger partial charge in [0.05, 0.1) is 6.04 Å². The van der Waals surface area contributed by atoms with E-state index in [1.807, 2.05) is 4.68 Å². The van der Waals surface area contributed by atoms with E-state index in [-0.39, 0.29) is 17.2 Å². The molecule has 1 amide bonds. The number of H-pyrrole nitrogens is 1.